The van der Waals surface area contributed by atoms with E-state index in [2.05, 4.69) is 5.32 Å². The molecule has 34 heavy (non-hydrogen) atoms. The molecule has 1 amide bonds. The zero-order valence-electron chi connectivity index (χ0n) is 18.5. The van der Waals surface area contributed by atoms with E-state index in [1.54, 1.807) is 37.3 Å². The molecule has 3 aromatic carbocycles. The predicted molar refractivity (Wildman–Crippen MR) is 130 cm³/mol. The monoisotopic (exact) mass is 502 g/mol. The van der Waals surface area contributed by atoms with Crippen molar-refractivity contribution in [3.8, 4) is 5.75 Å². The molecule has 0 saturated heterocycles. The smallest absolute Gasteiger partial charge is 0.339 e. The molecule has 3 rings (SSSR count). The largest absolute Gasteiger partial charge is 0.497 e. The highest BCUT2D eigenvalue weighted by Gasteiger charge is 2.27. The molecular formula is C24H23ClN2O6S. The number of anilines is 2. The number of sulfonamides is 1. The van der Waals surface area contributed by atoms with Gasteiger partial charge in [-0.3, -0.25) is 9.10 Å². The quantitative estimate of drug-likeness (QED) is 0.436. The number of methoxy groups -OCH3 is 1. The molecule has 0 saturated carbocycles. The fraction of sp³-hybridized carbons (Fsp3) is 0.167. The second-order valence-corrected chi connectivity index (χ2v) is 9.26. The number of amides is 1. The topological polar surface area (TPSA) is 102 Å². The Balaban J connectivity index is 1.85. The Labute approximate surface area is 203 Å². The minimum atomic E-state index is -4.07. The third-order valence-electron chi connectivity index (χ3n) is 4.73. The highest BCUT2D eigenvalue weighted by atomic mass is 35.5. The number of benzene rings is 3. The Morgan fingerprint density at radius 3 is 2.26 bits per heavy atom. The van der Waals surface area contributed by atoms with Crippen LogP contribution in [0.5, 0.6) is 5.75 Å². The zero-order chi connectivity index (χ0) is 24.7. The van der Waals surface area contributed by atoms with Gasteiger partial charge in [-0.25, -0.2) is 13.2 Å². The second-order valence-electron chi connectivity index (χ2n) is 6.99. The number of nitrogens with zero attached hydrogens (tertiary/aromatic N) is 1. The predicted octanol–water partition coefficient (Wildman–Crippen LogP) is 4.36. The third kappa shape index (κ3) is 5.86. The van der Waals surface area contributed by atoms with E-state index in [0.717, 1.165) is 4.31 Å². The number of hydrogen-bond acceptors (Lipinski definition) is 6. The molecule has 3 aromatic rings. The van der Waals surface area contributed by atoms with Crippen LogP contribution in [-0.4, -0.2) is 40.6 Å². The maximum atomic E-state index is 13.4. The minimum Gasteiger partial charge on any atom is -0.497 e. The van der Waals surface area contributed by atoms with Gasteiger partial charge in [0.2, 0.25) is 5.91 Å². The first-order valence-electron chi connectivity index (χ1n) is 10.2. The number of hydrogen-bond donors (Lipinski definition) is 1. The average molecular weight is 503 g/mol. The molecule has 10 heteroatoms. The van der Waals surface area contributed by atoms with E-state index in [0.29, 0.717) is 17.1 Å². The number of carbonyl (C=O) groups excluding carboxylic acids is 2. The maximum Gasteiger partial charge on any atom is 0.339 e. The molecule has 0 unspecified atom stereocenters. The van der Waals surface area contributed by atoms with Crippen molar-refractivity contribution in [2.45, 2.75) is 11.8 Å². The first kappa shape index (κ1) is 25.1. The van der Waals surface area contributed by atoms with Crippen molar-refractivity contribution < 1.29 is 27.5 Å². The van der Waals surface area contributed by atoms with Crippen molar-refractivity contribution in [3.05, 3.63) is 83.4 Å². The summed E-state index contributed by atoms with van der Waals surface area (Å²) in [6, 6.07) is 18.5. The van der Waals surface area contributed by atoms with Crippen LogP contribution >= 0.6 is 11.6 Å². The molecule has 0 aromatic heterocycles. The molecule has 178 valence electrons. The van der Waals surface area contributed by atoms with Crippen molar-refractivity contribution in [1.29, 1.82) is 0 Å². The number of rotatable bonds is 9. The van der Waals surface area contributed by atoms with Gasteiger partial charge in [0, 0.05) is 5.69 Å². The summed E-state index contributed by atoms with van der Waals surface area (Å²) in [5.41, 5.74) is 0.788. The van der Waals surface area contributed by atoms with Crippen LogP contribution in [0.3, 0.4) is 0 Å². The number of nitrogens with one attached hydrogen (secondary N) is 1. The maximum absolute atomic E-state index is 13.4. The normalized spacial score (nSPS) is 10.9. The van der Waals surface area contributed by atoms with Gasteiger partial charge in [-0.05, 0) is 61.5 Å². The van der Waals surface area contributed by atoms with Crippen molar-refractivity contribution in [2.24, 2.45) is 0 Å². The summed E-state index contributed by atoms with van der Waals surface area (Å²) in [5, 5.41) is 2.72. The highest BCUT2D eigenvalue weighted by molar-refractivity contribution is 7.92. The molecule has 0 aliphatic carbocycles. The van der Waals surface area contributed by atoms with Gasteiger partial charge < -0.3 is 14.8 Å². The Hall–Kier alpha value is -3.56. The molecule has 0 fully saturated rings. The number of ether oxygens (including phenoxy) is 2. The summed E-state index contributed by atoms with van der Waals surface area (Å²) in [7, 11) is -2.59. The second kappa shape index (κ2) is 11.0. The van der Waals surface area contributed by atoms with Crippen molar-refractivity contribution in [3.63, 3.8) is 0 Å². The molecule has 0 spiro atoms. The third-order valence-corrected chi connectivity index (χ3v) is 6.83. The average Bonchev–Trinajstić information content (AvgIpc) is 2.83. The lowest BCUT2D eigenvalue weighted by atomic mass is 10.2. The summed E-state index contributed by atoms with van der Waals surface area (Å²) < 4.78 is 37.8. The van der Waals surface area contributed by atoms with Gasteiger partial charge in [0.05, 0.1) is 34.9 Å². The fourth-order valence-corrected chi connectivity index (χ4v) is 4.76. The molecule has 8 nitrogen and oxygen atoms in total. The van der Waals surface area contributed by atoms with Crippen LogP contribution in [0.4, 0.5) is 11.4 Å². The Kier molecular flexibility index (Phi) is 8.14. The van der Waals surface area contributed by atoms with Gasteiger partial charge >= 0.3 is 5.97 Å². The first-order chi connectivity index (χ1) is 16.3. The molecule has 0 heterocycles. The van der Waals surface area contributed by atoms with Crippen LogP contribution in [0.25, 0.3) is 0 Å². The van der Waals surface area contributed by atoms with Gasteiger partial charge in [-0.15, -0.1) is 0 Å². The lowest BCUT2D eigenvalue weighted by molar-refractivity contribution is -0.114. The van der Waals surface area contributed by atoms with Crippen LogP contribution in [0.15, 0.2) is 77.7 Å². The SMILES string of the molecule is CCOC(=O)c1ccc(NC(=O)CN(c2ccccc2)S(=O)(=O)c2ccc(OC)cc2)cc1Cl. The standard InChI is InChI=1S/C24H23ClN2O6S/c1-3-33-24(29)21-14-9-17(15-22(21)25)26-23(28)16-27(18-7-5-4-6-8-18)34(30,31)20-12-10-19(32-2)11-13-20/h4-15H,3,16H2,1-2H3,(H,26,28). The zero-order valence-corrected chi connectivity index (χ0v) is 20.1. The number of para-hydroxylation sites is 1. The van der Waals surface area contributed by atoms with Crippen molar-refractivity contribution >= 4 is 44.9 Å². The van der Waals surface area contributed by atoms with Crippen LogP contribution in [0.2, 0.25) is 5.02 Å². The van der Waals surface area contributed by atoms with Gasteiger partial charge in [0.1, 0.15) is 12.3 Å². The highest BCUT2D eigenvalue weighted by Crippen LogP contribution is 2.26. The number of carbonyl (C=O) groups is 2. The summed E-state index contributed by atoms with van der Waals surface area (Å²) in [4.78, 5) is 24.8. The van der Waals surface area contributed by atoms with Crippen molar-refractivity contribution in [1.82, 2.24) is 0 Å². The van der Waals surface area contributed by atoms with Crippen molar-refractivity contribution in [2.75, 3.05) is 29.9 Å². The molecular weight excluding hydrogens is 480 g/mol. The van der Waals surface area contributed by atoms with Gasteiger partial charge in [0.15, 0.2) is 0 Å². The van der Waals surface area contributed by atoms with E-state index in [1.165, 1.54) is 49.6 Å². The molecule has 0 aliphatic rings. The lowest BCUT2D eigenvalue weighted by Crippen LogP contribution is -2.38. The van der Waals surface area contributed by atoms with E-state index < -0.39 is 28.4 Å². The van der Waals surface area contributed by atoms with Gasteiger partial charge in [-0.2, -0.15) is 0 Å². The molecule has 0 atom stereocenters. The van der Waals surface area contributed by atoms with E-state index in [1.807, 2.05) is 0 Å². The van der Waals surface area contributed by atoms with E-state index in [4.69, 9.17) is 21.1 Å². The summed E-state index contributed by atoms with van der Waals surface area (Å²) >= 11 is 6.15. The lowest BCUT2D eigenvalue weighted by Gasteiger charge is -2.24. The van der Waals surface area contributed by atoms with E-state index >= 15 is 0 Å². The fourth-order valence-electron chi connectivity index (χ4n) is 3.08. The van der Waals surface area contributed by atoms with Gasteiger partial charge in [0.25, 0.3) is 10.0 Å². The molecule has 0 radical (unpaired) electrons. The summed E-state index contributed by atoms with van der Waals surface area (Å²) in [6.07, 6.45) is 0. The van der Waals surface area contributed by atoms with E-state index in [-0.39, 0.29) is 22.1 Å². The van der Waals surface area contributed by atoms with E-state index in [9.17, 15) is 18.0 Å². The Morgan fingerprint density at radius 2 is 1.68 bits per heavy atom. The van der Waals surface area contributed by atoms with Crippen LogP contribution in [-0.2, 0) is 19.6 Å². The number of esters is 1. The van der Waals surface area contributed by atoms with Crippen LogP contribution < -0.4 is 14.4 Å². The molecule has 1 N–H and O–H groups in total. The Morgan fingerprint density at radius 1 is 1.00 bits per heavy atom. The summed E-state index contributed by atoms with van der Waals surface area (Å²) in [5.74, 6) is -0.668. The summed E-state index contributed by atoms with van der Waals surface area (Å²) in [6.45, 7) is 1.39. The van der Waals surface area contributed by atoms with Crippen LogP contribution in [0, 0.1) is 0 Å². The van der Waals surface area contributed by atoms with Crippen LogP contribution in [0.1, 0.15) is 17.3 Å². The first-order valence-corrected chi connectivity index (χ1v) is 12.1. The van der Waals surface area contributed by atoms with Gasteiger partial charge in [-0.1, -0.05) is 29.8 Å². The Bertz CT molecular complexity index is 1260. The molecule has 0 bridgehead atoms. The number of halogens is 1. The molecule has 0 aliphatic heterocycles. The minimum absolute atomic E-state index is 0.00628.